The summed E-state index contributed by atoms with van der Waals surface area (Å²) < 4.78 is 1.15. The maximum atomic E-state index is 12.8. The van der Waals surface area contributed by atoms with Crippen LogP contribution in [0.1, 0.15) is 26.5 Å². The predicted molar refractivity (Wildman–Crippen MR) is 102 cm³/mol. The average molecular weight is 344 g/mol. The van der Waals surface area contributed by atoms with Crippen LogP contribution in [-0.2, 0) is 19.4 Å². The minimum Gasteiger partial charge on any atom is -0.346 e. The molecule has 1 aliphatic rings. The molecule has 1 aliphatic carbocycles. The Kier molecular flexibility index (Phi) is 3.31. The number of aryl methyl sites for hydroxylation is 2. The SMILES string of the molecule is O=C(NCc1nc2ccccc2s1)c1ccc2c3c(cccc13)CC2. The molecule has 0 radical (unpaired) electrons. The fourth-order valence-corrected chi connectivity index (χ4v) is 4.60. The summed E-state index contributed by atoms with van der Waals surface area (Å²) in [6.45, 7) is 0.459. The first-order valence-electron chi connectivity index (χ1n) is 8.46. The van der Waals surface area contributed by atoms with E-state index in [4.69, 9.17) is 0 Å². The number of carbonyl (C=O) groups is 1. The van der Waals surface area contributed by atoms with Crippen LogP contribution in [0.2, 0.25) is 0 Å². The number of amides is 1. The van der Waals surface area contributed by atoms with E-state index in [1.807, 2.05) is 24.3 Å². The first-order valence-corrected chi connectivity index (χ1v) is 9.27. The number of nitrogens with one attached hydrogen (secondary N) is 1. The van der Waals surface area contributed by atoms with Gasteiger partial charge in [0.05, 0.1) is 16.8 Å². The van der Waals surface area contributed by atoms with Crippen molar-refractivity contribution in [2.24, 2.45) is 0 Å². The Morgan fingerprint density at radius 1 is 1.00 bits per heavy atom. The van der Waals surface area contributed by atoms with Crippen LogP contribution in [0.25, 0.3) is 21.0 Å². The first-order chi connectivity index (χ1) is 12.3. The van der Waals surface area contributed by atoms with Gasteiger partial charge in [-0.25, -0.2) is 4.98 Å². The van der Waals surface area contributed by atoms with Gasteiger partial charge in [0, 0.05) is 5.56 Å². The second-order valence-corrected chi connectivity index (χ2v) is 7.49. The minimum absolute atomic E-state index is 0.0325. The summed E-state index contributed by atoms with van der Waals surface area (Å²) in [4.78, 5) is 17.3. The standard InChI is InChI=1S/C21H16N2OS/c24-21(22-12-19-23-17-6-1-2-7-18(17)25-19)16-11-10-14-9-8-13-4-3-5-15(16)20(13)14/h1-7,10-11H,8-9,12H2,(H,22,24). The predicted octanol–water partition coefficient (Wildman–Crippen LogP) is 4.48. The highest BCUT2D eigenvalue weighted by atomic mass is 32.1. The number of fused-ring (bicyclic) bond motifs is 1. The Hall–Kier alpha value is -2.72. The molecule has 1 heterocycles. The van der Waals surface area contributed by atoms with E-state index in [1.54, 1.807) is 11.3 Å². The van der Waals surface area contributed by atoms with Gasteiger partial charge in [-0.1, -0.05) is 36.4 Å². The maximum Gasteiger partial charge on any atom is 0.252 e. The number of hydrogen-bond donors (Lipinski definition) is 1. The lowest BCUT2D eigenvalue weighted by molar-refractivity contribution is 0.0952. The molecule has 0 saturated carbocycles. The van der Waals surface area contributed by atoms with Gasteiger partial charge in [-0.15, -0.1) is 11.3 Å². The molecule has 3 aromatic carbocycles. The molecule has 3 nitrogen and oxygen atoms in total. The lowest BCUT2D eigenvalue weighted by atomic mass is 9.99. The molecule has 1 N–H and O–H groups in total. The van der Waals surface area contributed by atoms with E-state index >= 15 is 0 Å². The summed E-state index contributed by atoms with van der Waals surface area (Å²) in [7, 11) is 0. The Morgan fingerprint density at radius 2 is 1.84 bits per heavy atom. The first kappa shape index (κ1) is 14.6. The molecule has 1 amide bonds. The van der Waals surface area contributed by atoms with Crippen LogP contribution in [0.3, 0.4) is 0 Å². The van der Waals surface area contributed by atoms with E-state index in [2.05, 4.69) is 40.6 Å². The summed E-state index contributed by atoms with van der Waals surface area (Å²) in [6, 6.07) is 18.4. The van der Waals surface area contributed by atoms with Gasteiger partial charge < -0.3 is 5.32 Å². The molecule has 0 saturated heterocycles. The third kappa shape index (κ3) is 2.41. The van der Waals surface area contributed by atoms with Crippen LogP contribution in [0.5, 0.6) is 0 Å². The van der Waals surface area contributed by atoms with Crippen molar-refractivity contribution < 1.29 is 4.79 Å². The van der Waals surface area contributed by atoms with Gasteiger partial charge in [-0.2, -0.15) is 0 Å². The molecule has 0 atom stereocenters. The number of para-hydroxylation sites is 1. The van der Waals surface area contributed by atoms with Crippen LogP contribution in [-0.4, -0.2) is 10.9 Å². The number of hydrogen-bond acceptors (Lipinski definition) is 3. The van der Waals surface area contributed by atoms with E-state index in [9.17, 15) is 4.79 Å². The number of thiazole rings is 1. The molecule has 122 valence electrons. The van der Waals surface area contributed by atoms with Gasteiger partial charge in [-0.3, -0.25) is 4.79 Å². The number of aromatic nitrogens is 1. The van der Waals surface area contributed by atoms with Crippen molar-refractivity contribution in [3.8, 4) is 0 Å². The zero-order valence-electron chi connectivity index (χ0n) is 13.6. The Morgan fingerprint density at radius 3 is 2.72 bits per heavy atom. The van der Waals surface area contributed by atoms with Gasteiger partial charge in [0.2, 0.25) is 0 Å². The van der Waals surface area contributed by atoms with Crippen molar-refractivity contribution in [2.45, 2.75) is 19.4 Å². The van der Waals surface area contributed by atoms with E-state index in [0.29, 0.717) is 6.54 Å². The lowest BCUT2D eigenvalue weighted by Crippen LogP contribution is -2.23. The number of benzene rings is 3. The van der Waals surface area contributed by atoms with Gasteiger partial charge in [0.15, 0.2) is 0 Å². The molecule has 25 heavy (non-hydrogen) atoms. The van der Waals surface area contributed by atoms with Crippen molar-refractivity contribution in [3.05, 3.63) is 76.3 Å². The van der Waals surface area contributed by atoms with Crippen molar-refractivity contribution in [1.82, 2.24) is 10.3 Å². The van der Waals surface area contributed by atoms with Crippen molar-refractivity contribution in [2.75, 3.05) is 0 Å². The van der Waals surface area contributed by atoms with Crippen molar-refractivity contribution >= 4 is 38.2 Å². The van der Waals surface area contributed by atoms with E-state index < -0.39 is 0 Å². The summed E-state index contributed by atoms with van der Waals surface area (Å²) >= 11 is 1.63. The molecule has 5 rings (SSSR count). The smallest absolute Gasteiger partial charge is 0.252 e. The van der Waals surface area contributed by atoms with E-state index in [1.165, 1.54) is 16.5 Å². The van der Waals surface area contributed by atoms with E-state index in [0.717, 1.165) is 39.0 Å². The van der Waals surface area contributed by atoms with E-state index in [-0.39, 0.29) is 5.91 Å². The summed E-state index contributed by atoms with van der Waals surface area (Å²) in [5.41, 5.74) is 4.45. The molecule has 4 aromatic rings. The van der Waals surface area contributed by atoms with Crippen molar-refractivity contribution in [3.63, 3.8) is 0 Å². The molecule has 0 unspecified atom stereocenters. The van der Waals surface area contributed by atoms with Crippen LogP contribution < -0.4 is 5.32 Å². The summed E-state index contributed by atoms with van der Waals surface area (Å²) in [5.74, 6) is -0.0325. The van der Waals surface area contributed by atoms with Crippen LogP contribution in [0.4, 0.5) is 0 Å². The number of carbonyl (C=O) groups excluding carboxylic acids is 1. The zero-order valence-corrected chi connectivity index (χ0v) is 14.4. The Balaban J connectivity index is 1.44. The quantitative estimate of drug-likeness (QED) is 0.595. The third-order valence-corrected chi connectivity index (χ3v) is 5.90. The fourth-order valence-electron chi connectivity index (χ4n) is 3.69. The number of rotatable bonds is 3. The summed E-state index contributed by atoms with van der Waals surface area (Å²) in [5, 5.41) is 6.31. The van der Waals surface area contributed by atoms with Crippen molar-refractivity contribution in [1.29, 1.82) is 0 Å². The second kappa shape index (κ2) is 5.67. The van der Waals surface area contributed by atoms with Gasteiger partial charge in [0.1, 0.15) is 5.01 Å². The molecular formula is C21H16N2OS. The van der Waals surface area contributed by atoms with Gasteiger partial charge in [0.25, 0.3) is 5.91 Å². The minimum atomic E-state index is -0.0325. The molecule has 0 fully saturated rings. The zero-order chi connectivity index (χ0) is 16.8. The largest absolute Gasteiger partial charge is 0.346 e. The van der Waals surface area contributed by atoms with Crippen LogP contribution in [0, 0.1) is 0 Å². The topological polar surface area (TPSA) is 42.0 Å². The maximum absolute atomic E-state index is 12.8. The normalized spacial score (nSPS) is 12.8. The highest BCUT2D eigenvalue weighted by Crippen LogP contribution is 2.32. The molecular weight excluding hydrogens is 328 g/mol. The highest BCUT2D eigenvalue weighted by Gasteiger charge is 2.18. The molecule has 1 aromatic heterocycles. The molecule has 0 aliphatic heterocycles. The van der Waals surface area contributed by atoms with Gasteiger partial charge in [-0.05, 0) is 52.9 Å². The molecule has 0 bridgehead atoms. The lowest BCUT2D eigenvalue weighted by Gasteiger charge is -2.09. The Labute approximate surface area is 149 Å². The summed E-state index contributed by atoms with van der Waals surface area (Å²) in [6.07, 6.45) is 2.15. The second-order valence-electron chi connectivity index (χ2n) is 6.37. The average Bonchev–Trinajstić information content (AvgIpc) is 3.25. The van der Waals surface area contributed by atoms with Crippen LogP contribution >= 0.6 is 11.3 Å². The van der Waals surface area contributed by atoms with Gasteiger partial charge >= 0.3 is 0 Å². The highest BCUT2D eigenvalue weighted by molar-refractivity contribution is 7.18. The third-order valence-electron chi connectivity index (χ3n) is 4.86. The monoisotopic (exact) mass is 344 g/mol. The molecule has 0 spiro atoms. The van der Waals surface area contributed by atoms with Crippen LogP contribution in [0.15, 0.2) is 54.6 Å². The number of nitrogens with zero attached hydrogens (tertiary/aromatic N) is 1. The molecule has 4 heteroatoms. The Bertz CT molecular complexity index is 1090. The fraction of sp³-hybridized carbons (Fsp3) is 0.143.